The van der Waals surface area contributed by atoms with E-state index in [1.807, 2.05) is 25.2 Å². The Morgan fingerprint density at radius 3 is 2.27 bits per heavy atom. The summed E-state index contributed by atoms with van der Waals surface area (Å²) in [7, 11) is 0. The topological polar surface area (TPSA) is 0 Å². The maximum Gasteiger partial charge on any atom is -0.0109 e. The van der Waals surface area contributed by atoms with Gasteiger partial charge < -0.3 is 0 Å². The fraction of sp³-hybridized carbons (Fsp3) is 0.0667. The van der Waals surface area contributed by atoms with E-state index in [9.17, 15) is 0 Å². The van der Waals surface area contributed by atoms with Crippen LogP contribution in [-0.4, -0.2) is 0 Å². The van der Waals surface area contributed by atoms with Crippen LogP contribution in [-0.2, 0) is 0 Å². The van der Waals surface area contributed by atoms with E-state index in [-0.39, 0.29) is 0 Å². The summed E-state index contributed by atoms with van der Waals surface area (Å²) in [6.07, 6.45) is 9.58. The smallest absolute Gasteiger partial charge is 0.0109 e. The molecule has 1 aromatic rings. The molecule has 0 nitrogen and oxygen atoms in total. The van der Waals surface area contributed by atoms with Gasteiger partial charge in [-0.1, -0.05) is 62.2 Å². The fourth-order valence-electron chi connectivity index (χ4n) is 1.63. The second-order valence-corrected chi connectivity index (χ2v) is 3.17. The van der Waals surface area contributed by atoms with Crippen LogP contribution in [0.15, 0.2) is 37.9 Å². The van der Waals surface area contributed by atoms with Crippen LogP contribution in [0.2, 0.25) is 0 Å². The number of benzene rings is 1. The summed E-state index contributed by atoms with van der Waals surface area (Å²) < 4.78 is 0. The molecule has 0 heteroatoms. The van der Waals surface area contributed by atoms with Crippen molar-refractivity contribution in [3.05, 3.63) is 59.5 Å². The average molecular weight is 196 g/mol. The van der Waals surface area contributed by atoms with Crippen molar-refractivity contribution in [2.45, 2.75) is 6.92 Å². The van der Waals surface area contributed by atoms with E-state index in [0.717, 1.165) is 16.3 Å². The SMILES string of the molecule is C=C/C=c1/c(C=C)c(C=C)cc/c1=C/C. The van der Waals surface area contributed by atoms with Gasteiger partial charge in [-0.2, -0.15) is 0 Å². The first-order valence-electron chi connectivity index (χ1n) is 4.95. The second kappa shape index (κ2) is 5.16. The molecule has 1 rings (SSSR count). The highest BCUT2D eigenvalue weighted by molar-refractivity contribution is 5.66. The first-order chi connectivity index (χ1) is 7.28. The maximum atomic E-state index is 3.84. The molecule has 0 aliphatic carbocycles. The van der Waals surface area contributed by atoms with Crippen LogP contribution in [0.1, 0.15) is 18.1 Å². The highest BCUT2D eigenvalue weighted by atomic mass is 14.0. The quantitative estimate of drug-likeness (QED) is 0.697. The Balaban J connectivity index is 3.83. The lowest BCUT2D eigenvalue weighted by molar-refractivity contribution is 1.46. The Bertz CT molecular complexity index is 502. The minimum atomic E-state index is 1.10. The molecule has 0 heterocycles. The van der Waals surface area contributed by atoms with Crippen molar-refractivity contribution in [1.82, 2.24) is 0 Å². The largest absolute Gasteiger partial charge is 0.0990 e. The zero-order valence-corrected chi connectivity index (χ0v) is 9.16. The lowest BCUT2D eigenvalue weighted by Crippen LogP contribution is -2.27. The summed E-state index contributed by atoms with van der Waals surface area (Å²) in [5.74, 6) is 0. The number of hydrogen-bond acceptors (Lipinski definition) is 0. The molecule has 0 atom stereocenters. The predicted octanol–water partition coefficient (Wildman–Crippen LogP) is 2.74. The molecular weight excluding hydrogens is 180 g/mol. The summed E-state index contributed by atoms with van der Waals surface area (Å²) in [6, 6.07) is 4.14. The van der Waals surface area contributed by atoms with Crippen LogP contribution in [0.25, 0.3) is 24.3 Å². The minimum absolute atomic E-state index is 1.10. The standard InChI is InChI=1S/C15H16/c1-5-9-15-13(7-3)11-10-12(6-2)14(15)8-4/h5-11H,1-2,4H2,3H3/b13-7-,15-9+. The molecule has 0 aliphatic rings. The third-order valence-electron chi connectivity index (χ3n) is 2.37. The van der Waals surface area contributed by atoms with E-state index < -0.39 is 0 Å². The van der Waals surface area contributed by atoms with Gasteiger partial charge in [0.15, 0.2) is 0 Å². The van der Waals surface area contributed by atoms with E-state index in [2.05, 4.69) is 37.9 Å². The highest BCUT2D eigenvalue weighted by Crippen LogP contribution is 2.04. The molecule has 0 spiro atoms. The molecule has 0 aromatic heterocycles. The molecule has 0 unspecified atom stereocenters. The van der Waals surface area contributed by atoms with Crippen molar-refractivity contribution in [2.24, 2.45) is 0 Å². The normalized spacial score (nSPS) is 12.6. The van der Waals surface area contributed by atoms with Crippen molar-refractivity contribution in [2.75, 3.05) is 0 Å². The third kappa shape index (κ3) is 2.16. The molecular formula is C15H16. The monoisotopic (exact) mass is 196 g/mol. The van der Waals surface area contributed by atoms with Gasteiger partial charge in [0.05, 0.1) is 0 Å². The third-order valence-corrected chi connectivity index (χ3v) is 2.37. The number of rotatable bonds is 3. The van der Waals surface area contributed by atoms with Crippen molar-refractivity contribution < 1.29 is 0 Å². The van der Waals surface area contributed by atoms with Crippen molar-refractivity contribution in [3.63, 3.8) is 0 Å². The van der Waals surface area contributed by atoms with E-state index in [4.69, 9.17) is 0 Å². The fourth-order valence-corrected chi connectivity index (χ4v) is 1.63. The first kappa shape index (κ1) is 11.3. The van der Waals surface area contributed by atoms with E-state index >= 15 is 0 Å². The second-order valence-electron chi connectivity index (χ2n) is 3.17. The number of allylic oxidation sites excluding steroid dienone is 1. The Morgan fingerprint density at radius 2 is 1.80 bits per heavy atom. The van der Waals surface area contributed by atoms with Gasteiger partial charge in [-0.3, -0.25) is 0 Å². The van der Waals surface area contributed by atoms with Gasteiger partial charge in [0.1, 0.15) is 0 Å². The van der Waals surface area contributed by atoms with Gasteiger partial charge in [0.25, 0.3) is 0 Å². The molecule has 0 bridgehead atoms. The average Bonchev–Trinajstić information content (AvgIpc) is 2.28. The zero-order valence-electron chi connectivity index (χ0n) is 9.16. The summed E-state index contributed by atoms with van der Waals surface area (Å²) in [5, 5.41) is 2.34. The molecule has 0 N–H and O–H groups in total. The van der Waals surface area contributed by atoms with Crippen LogP contribution >= 0.6 is 0 Å². The van der Waals surface area contributed by atoms with Crippen LogP contribution in [0.5, 0.6) is 0 Å². The van der Waals surface area contributed by atoms with Crippen LogP contribution in [0, 0.1) is 0 Å². The highest BCUT2D eigenvalue weighted by Gasteiger charge is 1.97. The minimum Gasteiger partial charge on any atom is -0.0990 e. The van der Waals surface area contributed by atoms with Crippen molar-refractivity contribution in [3.8, 4) is 0 Å². The van der Waals surface area contributed by atoms with Gasteiger partial charge >= 0.3 is 0 Å². The Morgan fingerprint density at radius 1 is 1.07 bits per heavy atom. The lowest BCUT2D eigenvalue weighted by atomic mass is 10.0. The van der Waals surface area contributed by atoms with E-state index in [1.54, 1.807) is 6.08 Å². The molecule has 15 heavy (non-hydrogen) atoms. The van der Waals surface area contributed by atoms with Gasteiger partial charge in [-0.25, -0.2) is 0 Å². The molecule has 1 aromatic carbocycles. The molecule has 76 valence electrons. The van der Waals surface area contributed by atoms with Gasteiger partial charge in [-0.05, 0) is 28.5 Å². The Hall–Kier alpha value is -1.82. The molecule has 0 saturated heterocycles. The Labute approximate surface area is 91.3 Å². The van der Waals surface area contributed by atoms with Gasteiger partial charge in [0.2, 0.25) is 0 Å². The van der Waals surface area contributed by atoms with Crippen molar-refractivity contribution in [1.29, 1.82) is 0 Å². The Kier molecular flexibility index (Phi) is 3.87. The predicted molar refractivity (Wildman–Crippen MR) is 70.7 cm³/mol. The number of hydrogen-bond donors (Lipinski definition) is 0. The first-order valence-corrected chi connectivity index (χ1v) is 4.95. The van der Waals surface area contributed by atoms with E-state index in [0.29, 0.717) is 0 Å². The summed E-state index contributed by atoms with van der Waals surface area (Å²) in [5.41, 5.74) is 2.21. The van der Waals surface area contributed by atoms with Crippen LogP contribution < -0.4 is 10.4 Å². The maximum absolute atomic E-state index is 3.84. The van der Waals surface area contributed by atoms with E-state index in [1.165, 1.54) is 5.22 Å². The molecule has 0 aliphatic heterocycles. The van der Waals surface area contributed by atoms with Crippen molar-refractivity contribution >= 4 is 24.3 Å². The summed E-state index contributed by atoms with van der Waals surface area (Å²) in [4.78, 5) is 0. The zero-order chi connectivity index (χ0) is 11.3. The van der Waals surface area contributed by atoms with Crippen LogP contribution in [0.3, 0.4) is 0 Å². The van der Waals surface area contributed by atoms with Gasteiger partial charge in [0, 0.05) is 0 Å². The summed E-state index contributed by atoms with van der Waals surface area (Å²) in [6.45, 7) is 13.4. The molecule has 0 saturated carbocycles. The van der Waals surface area contributed by atoms with Gasteiger partial charge in [-0.15, -0.1) is 0 Å². The molecule has 0 amide bonds. The lowest BCUT2D eigenvalue weighted by Gasteiger charge is -2.02. The molecule has 0 radical (unpaired) electrons. The molecule has 0 fully saturated rings. The summed E-state index contributed by atoms with van der Waals surface area (Å²) >= 11 is 0. The van der Waals surface area contributed by atoms with Crippen LogP contribution in [0.4, 0.5) is 0 Å².